The zero-order chi connectivity index (χ0) is 21.6. The third-order valence-corrected chi connectivity index (χ3v) is 4.96. The summed E-state index contributed by atoms with van der Waals surface area (Å²) in [6.45, 7) is 11.4. The van der Waals surface area contributed by atoms with E-state index in [0.717, 1.165) is 11.1 Å². The Morgan fingerprint density at radius 2 is 1.86 bits per heavy atom. The molecular formula is C23H27ClN2O3. The fraction of sp³-hybridized carbons (Fsp3) is 0.391. The molecule has 2 amide bonds. The summed E-state index contributed by atoms with van der Waals surface area (Å²) in [6, 6.07) is 10.6. The van der Waals surface area contributed by atoms with Crippen molar-refractivity contribution in [3.05, 3.63) is 63.7 Å². The van der Waals surface area contributed by atoms with Crippen molar-refractivity contribution < 1.29 is 14.3 Å². The van der Waals surface area contributed by atoms with Crippen molar-refractivity contribution in [3.63, 3.8) is 0 Å². The lowest BCUT2D eigenvalue weighted by atomic mass is 9.97. The number of ether oxygens (including phenoxy) is 1. The fourth-order valence-corrected chi connectivity index (χ4v) is 3.78. The molecule has 0 fully saturated rings. The van der Waals surface area contributed by atoms with Crippen LogP contribution in [0.4, 0.5) is 0 Å². The molecule has 154 valence electrons. The Kier molecular flexibility index (Phi) is 5.39. The number of carbonyl (C=O) groups excluding carboxylic acids is 2. The van der Waals surface area contributed by atoms with Crippen LogP contribution < -0.4 is 10.2 Å². The SMILES string of the molecule is Cc1cc(Cl)cc(C(=O)N(NC(=O)c2cccc3c2CC(C)(C)O3)C(C)(C)C)c1. The van der Waals surface area contributed by atoms with E-state index >= 15 is 0 Å². The second-order valence-corrected chi connectivity index (χ2v) is 9.53. The van der Waals surface area contributed by atoms with E-state index in [1.165, 1.54) is 5.01 Å². The molecular weight excluding hydrogens is 388 g/mol. The number of amides is 2. The van der Waals surface area contributed by atoms with Gasteiger partial charge in [0.1, 0.15) is 11.4 Å². The van der Waals surface area contributed by atoms with Gasteiger partial charge >= 0.3 is 0 Å². The average molecular weight is 415 g/mol. The molecule has 1 aliphatic rings. The minimum absolute atomic E-state index is 0.319. The first kappa shape index (κ1) is 21.2. The number of halogens is 1. The third-order valence-electron chi connectivity index (χ3n) is 4.74. The summed E-state index contributed by atoms with van der Waals surface area (Å²) in [6.07, 6.45) is 0.628. The molecule has 0 spiro atoms. The largest absolute Gasteiger partial charge is 0.487 e. The highest BCUT2D eigenvalue weighted by Gasteiger charge is 2.35. The first-order valence-electron chi connectivity index (χ1n) is 9.61. The highest BCUT2D eigenvalue weighted by Crippen LogP contribution is 2.36. The van der Waals surface area contributed by atoms with Crippen molar-refractivity contribution in [2.45, 2.75) is 59.1 Å². The van der Waals surface area contributed by atoms with Crippen molar-refractivity contribution >= 4 is 23.4 Å². The maximum Gasteiger partial charge on any atom is 0.272 e. The second kappa shape index (κ2) is 7.38. The van der Waals surface area contributed by atoms with Gasteiger partial charge in [-0.05, 0) is 77.4 Å². The lowest BCUT2D eigenvalue weighted by Gasteiger charge is -2.35. The molecule has 1 N–H and O–H groups in total. The summed E-state index contributed by atoms with van der Waals surface area (Å²) in [4.78, 5) is 26.4. The number of aryl methyl sites for hydroxylation is 1. The number of fused-ring (bicyclic) bond motifs is 1. The highest BCUT2D eigenvalue weighted by molar-refractivity contribution is 6.31. The van der Waals surface area contributed by atoms with Crippen LogP contribution in [0.3, 0.4) is 0 Å². The van der Waals surface area contributed by atoms with Gasteiger partial charge in [-0.1, -0.05) is 17.7 Å². The summed E-state index contributed by atoms with van der Waals surface area (Å²) in [5, 5.41) is 1.84. The lowest BCUT2D eigenvalue weighted by molar-refractivity contribution is 0.0358. The molecule has 6 heteroatoms. The third kappa shape index (κ3) is 4.56. The maximum absolute atomic E-state index is 13.2. The molecule has 0 atom stereocenters. The predicted molar refractivity (Wildman–Crippen MR) is 114 cm³/mol. The van der Waals surface area contributed by atoms with E-state index in [2.05, 4.69) is 5.43 Å². The quantitative estimate of drug-likeness (QED) is 0.707. The standard InChI is InChI=1S/C23H27ClN2O3/c1-14-10-15(12-16(24)11-14)21(28)26(22(2,3)4)25-20(27)17-8-7-9-19-18(17)13-23(5,6)29-19/h7-12H,13H2,1-6H3,(H,25,27). The maximum atomic E-state index is 13.2. The zero-order valence-corrected chi connectivity index (χ0v) is 18.5. The predicted octanol–water partition coefficient (Wildman–Crippen LogP) is 4.95. The Bertz CT molecular complexity index is 956. The van der Waals surface area contributed by atoms with Gasteiger partial charge in [-0.3, -0.25) is 15.0 Å². The van der Waals surface area contributed by atoms with Gasteiger partial charge < -0.3 is 4.74 Å². The van der Waals surface area contributed by atoms with Crippen LogP contribution in [0.1, 0.15) is 66.5 Å². The van der Waals surface area contributed by atoms with Crippen LogP contribution in [0.5, 0.6) is 5.75 Å². The van der Waals surface area contributed by atoms with E-state index in [1.54, 1.807) is 30.3 Å². The minimum Gasteiger partial charge on any atom is -0.487 e. The van der Waals surface area contributed by atoms with Crippen molar-refractivity contribution in [2.75, 3.05) is 0 Å². The Hall–Kier alpha value is -2.53. The molecule has 1 heterocycles. The van der Waals surface area contributed by atoms with Crippen LogP contribution in [0.2, 0.25) is 5.02 Å². The van der Waals surface area contributed by atoms with Crippen molar-refractivity contribution in [1.29, 1.82) is 0 Å². The molecule has 0 unspecified atom stereocenters. The van der Waals surface area contributed by atoms with E-state index in [0.29, 0.717) is 28.3 Å². The van der Waals surface area contributed by atoms with Crippen LogP contribution in [-0.4, -0.2) is 28.0 Å². The van der Waals surface area contributed by atoms with Crippen LogP contribution in [0.15, 0.2) is 36.4 Å². The Morgan fingerprint density at radius 1 is 1.17 bits per heavy atom. The van der Waals surface area contributed by atoms with Gasteiger partial charge in [0.25, 0.3) is 11.8 Å². The zero-order valence-electron chi connectivity index (χ0n) is 17.7. The average Bonchev–Trinajstić information content (AvgIpc) is 2.90. The van der Waals surface area contributed by atoms with Crippen LogP contribution in [0, 0.1) is 6.92 Å². The minimum atomic E-state index is -0.642. The molecule has 29 heavy (non-hydrogen) atoms. The monoisotopic (exact) mass is 414 g/mol. The van der Waals surface area contributed by atoms with Gasteiger partial charge in [0.15, 0.2) is 0 Å². The van der Waals surface area contributed by atoms with E-state index in [1.807, 2.05) is 47.6 Å². The summed E-state index contributed by atoms with van der Waals surface area (Å²) in [5.74, 6) is 0.0486. The van der Waals surface area contributed by atoms with Gasteiger partial charge in [-0.2, -0.15) is 0 Å². The molecule has 5 nitrogen and oxygen atoms in total. The molecule has 2 aromatic carbocycles. The highest BCUT2D eigenvalue weighted by atomic mass is 35.5. The molecule has 1 aliphatic heterocycles. The van der Waals surface area contributed by atoms with Gasteiger partial charge in [0.2, 0.25) is 0 Å². The fourth-order valence-electron chi connectivity index (χ4n) is 3.49. The van der Waals surface area contributed by atoms with Crippen molar-refractivity contribution in [3.8, 4) is 5.75 Å². The first-order valence-corrected chi connectivity index (χ1v) is 9.99. The number of nitrogens with one attached hydrogen (secondary N) is 1. The smallest absolute Gasteiger partial charge is 0.272 e. The van der Waals surface area contributed by atoms with Crippen molar-refractivity contribution in [1.82, 2.24) is 10.4 Å². The molecule has 0 saturated heterocycles. The number of hydrogen-bond donors (Lipinski definition) is 1. The Labute approximate surface area is 177 Å². The summed E-state index contributed by atoms with van der Waals surface area (Å²) in [7, 11) is 0. The number of carbonyl (C=O) groups is 2. The molecule has 0 saturated carbocycles. The van der Waals surface area contributed by atoms with Crippen LogP contribution in [-0.2, 0) is 6.42 Å². The van der Waals surface area contributed by atoms with Crippen LogP contribution >= 0.6 is 11.6 Å². The molecule has 0 aliphatic carbocycles. The molecule has 2 aromatic rings. The summed E-state index contributed by atoms with van der Waals surface area (Å²) in [5.41, 5.74) is 4.48. The number of hydrogen-bond acceptors (Lipinski definition) is 3. The molecule has 0 aromatic heterocycles. The van der Waals surface area contributed by atoms with Gasteiger partial charge in [-0.25, -0.2) is 5.01 Å². The molecule has 3 rings (SSSR count). The van der Waals surface area contributed by atoms with Crippen LogP contribution in [0.25, 0.3) is 0 Å². The molecule has 0 radical (unpaired) electrons. The number of hydrazine groups is 1. The van der Waals surface area contributed by atoms with E-state index in [4.69, 9.17) is 16.3 Å². The van der Waals surface area contributed by atoms with E-state index < -0.39 is 5.54 Å². The Morgan fingerprint density at radius 3 is 2.48 bits per heavy atom. The number of benzene rings is 2. The first-order chi connectivity index (χ1) is 13.4. The summed E-state index contributed by atoms with van der Waals surface area (Å²) >= 11 is 6.13. The second-order valence-electron chi connectivity index (χ2n) is 9.09. The van der Waals surface area contributed by atoms with Gasteiger partial charge in [0, 0.05) is 28.1 Å². The van der Waals surface area contributed by atoms with E-state index in [-0.39, 0.29) is 17.4 Å². The van der Waals surface area contributed by atoms with Gasteiger partial charge in [0.05, 0.1) is 5.54 Å². The number of rotatable bonds is 2. The summed E-state index contributed by atoms with van der Waals surface area (Å²) < 4.78 is 5.93. The van der Waals surface area contributed by atoms with Crippen molar-refractivity contribution in [2.24, 2.45) is 0 Å². The molecule has 0 bridgehead atoms. The topological polar surface area (TPSA) is 58.6 Å². The van der Waals surface area contributed by atoms with E-state index in [9.17, 15) is 9.59 Å². The number of nitrogens with zero attached hydrogens (tertiary/aromatic N) is 1. The normalized spacial score (nSPS) is 14.7. The van der Waals surface area contributed by atoms with Gasteiger partial charge in [-0.15, -0.1) is 0 Å². The lowest BCUT2D eigenvalue weighted by Crippen LogP contribution is -2.56. The Balaban J connectivity index is 1.92.